The Morgan fingerprint density at radius 1 is 1.06 bits per heavy atom. The fourth-order valence-electron chi connectivity index (χ4n) is 5.39. The van der Waals surface area contributed by atoms with Crippen LogP contribution in [0, 0.1) is 11.8 Å². The summed E-state index contributed by atoms with van der Waals surface area (Å²) < 4.78 is 0. The van der Waals surface area contributed by atoms with Gasteiger partial charge in [-0.05, 0) is 43.7 Å². The Labute approximate surface area is 189 Å². The van der Waals surface area contributed by atoms with Crippen LogP contribution >= 0.6 is 0 Å². The highest BCUT2D eigenvalue weighted by Crippen LogP contribution is 2.31. The van der Waals surface area contributed by atoms with E-state index >= 15 is 0 Å². The fraction of sp³-hybridized carbons (Fsp3) is 0.625. The first-order valence-electron chi connectivity index (χ1n) is 11.8. The van der Waals surface area contributed by atoms with Crippen LogP contribution in [0.1, 0.15) is 43.6 Å². The van der Waals surface area contributed by atoms with Crippen LogP contribution < -0.4 is 10.6 Å². The van der Waals surface area contributed by atoms with Gasteiger partial charge in [0.2, 0.25) is 17.7 Å². The molecule has 8 nitrogen and oxygen atoms in total. The summed E-state index contributed by atoms with van der Waals surface area (Å²) in [6, 6.07) is 9.58. The standard InChI is InChI=1S/C24H34N4O4/c29-16-26-23(31)20-12-17(13-21(30)27-9-4-5-10-27)14-25-22(20)24(32)28-11-8-19(15-28)18-6-2-1-3-7-18/h1-3,6-7,17,19-20,22,25,29H,4-5,8-16H2,(H,26,31)/t17?,19-,20-,22-/m0/s1. The molecule has 1 aromatic carbocycles. The Hall–Kier alpha value is -2.45. The number of hydrogen-bond donors (Lipinski definition) is 3. The topological polar surface area (TPSA) is 102 Å². The first-order chi connectivity index (χ1) is 15.6. The van der Waals surface area contributed by atoms with Crippen molar-refractivity contribution in [3.8, 4) is 0 Å². The van der Waals surface area contributed by atoms with Crippen molar-refractivity contribution in [2.75, 3.05) is 39.5 Å². The van der Waals surface area contributed by atoms with Crippen LogP contribution in [0.3, 0.4) is 0 Å². The number of aliphatic hydroxyl groups excluding tert-OH is 1. The van der Waals surface area contributed by atoms with E-state index in [4.69, 9.17) is 0 Å². The minimum atomic E-state index is -0.630. The van der Waals surface area contributed by atoms with Crippen molar-refractivity contribution in [2.24, 2.45) is 11.8 Å². The van der Waals surface area contributed by atoms with Crippen molar-refractivity contribution < 1.29 is 19.5 Å². The maximum Gasteiger partial charge on any atom is 0.240 e. The van der Waals surface area contributed by atoms with E-state index in [1.807, 2.05) is 28.0 Å². The van der Waals surface area contributed by atoms with Gasteiger partial charge in [0, 0.05) is 38.5 Å². The predicted molar refractivity (Wildman–Crippen MR) is 119 cm³/mol. The number of hydrogen-bond acceptors (Lipinski definition) is 5. The molecule has 3 N–H and O–H groups in total. The molecule has 3 saturated heterocycles. The lowest BCUT2D eigenvalue weighted by molar-refractivity contribution is -0.141. The molecule has 4 rings (SSSR count). The summed E-state index contributed by atoms with van der Waals surface area (Å²) in [5.74, 6) is -0.570. The van der Waals surface area contributed by atoms with Gasteiger partial charge in [-0.25, -0.2) is 0 Å². The van der Waals surface area contributed by atoms with E-state index in [0.29, 0.717) is 38.4 Å². The number of aliphatic hydroxyl groups is 1. The third-order valence-electron chi connectivity index (χ3n) is 7.17. The van der Waals surface area contributed by atoms with Crippen molar-refractivity contribution in [1.82, 2.24) is 20.4 Å². The smallest absolute Gasteiger partial charge is 0.240 e. The van der Waals surface area contributed by atoms with Gasteiger partial charge in [-0.1, -0.05) is 30.3 Å². The van der Waals surface area contributed by atoms with E-state index in [9.17, 15) is 19.5 Å². The van der Waals surface area contributed by atoms with E-state index in [1.54, 1.807) is 0 Å². The second kappa shape index (κ2) is 10.4. The third-order valence-corrected chi connectivity index (χ3v) is 7.17. The van der Waals surface area contributed by atoms with Gasteiger partial charge in [0.25, 0.3) is 0 Å². The number of rotatable bonds is 6. The summed E-state index contributed by atoms with van der Waals surface area (Å²) in [7, 11) is 0. The van der Waals surface area contributed by atoms with E-state index in [1.165, 1.54) is 5.56 Å². The number of nitrogens with zero attached hydrogens (tertiary/aromatic N) is 2. The first kappa shape index (κ1) is 22.7. The van der Waals surface area contributed by atoms with E-state index < -0.39 is 18.7 Å². The molecule has 3 aliphatic rings. The molecule has 0 spiro atoms. The predicted octanol–water partition coefficient (Wildman–Crippen LogP) is 0.675. The summed E-state index contributed by atoms with van der Waals surface area (Å²) in [5.41, 5.74) is 1.23. The molecule has 174 valence electrons. The number of amides is 3. The Morgan fingerprint density at radius 3 is 2.53 bits per heavy atom. The van der Waals surface area contributed by atoms with E-state index in [0.717, 1.165) is 32.4 Å². The zero-order valence-electron chi connectivity index (χ0n) is 18.5. The summed E-state index contributed by atoms with van der Waals surface area (Å²) in [6.45, 7) is 3.01. The quantitative estimate of drug-likeness (QED) is 0.563. The zero-order chi connectivity index (χ0) is 22.5. The molecule has 8 heteroatoms. The van der Waals surface area contributed by atoms with Gasteiger partial charge in [-0.3, -0.25) is 14.4 Å². The normalized spacial score (nSPS) is 28.0. The number of piperidine rings is 1. The van der Waals surface area contributed by atoms with Gasteiger partial charge in [0.05, 0.1) is 12.0 Å². The molecule has 4 atom stereocenters. The molecule has 0 saturated carbocycles. The van der Waals surface area contributed by atoms with Crippen LogP contribution in [0.25, 0.3) is 0 Å². The molecule has 3 amide bonds. The highest BCUT2D eigenvalue weighted by Gasteiger charge is 2.42. The second-order valence-electron chi connectivity index (χ2n) is 9.27. The lowest BCUT2D eigenvalue weighted by Gasteiger charge is -2.37. The average molecular weight is 443 g/mol. The van der Waals surface area contributed by atoms with Crippen molar-refractivity contribution in [3.63, 3.8) is 0 Å². The Balaban J connectivity index is 1.40. The largest absolute Gasteiger partial charge is 0.377 e. The molecule has 3 fully saturated rings. The monoisotopic (exact) mass is 442 g/mol. The Morgan fingerprint density at radius 2 is 1.81 bits per heavy atom. The number of nitrogens with one attached hydrogen (secondary N) is 2. The van der Waals surface area contributed by atoms with Crippen LogP contribution in [0.15, 0.2) is 30.3 Å². The zero-order valence-corrected chi connectivity index (χ0v) is 18.5. The lowest BCUT2D eigenvalue weighted by atomic mass is 9.81. The van der Waals surface area contributed by atoms with Gasteiger partial charge in [-0.15, -0.1) is 0 Å². The molecule has 32 heavy (non-hydrogen) atoms. The first-order valence-corrected chi connectivity index (χ1v) is 11.8. The molecular formula is C24H34N4O4. The summed E-state index contributed by atoms with van der Waals surface area (Å²) in [6.07, 6.45) is 3.85. The van der Waals surface area contributed by atoms with Crippen molar-refractivity contribution in [3.05, 3.63) is 35.9 Å². The number of benzene rings is 1. The van der Waals surface area contributed by atoms with Gasteiger partial charge in [0.15, 0.2) is 0 Å². The SMILES string of the molecule is O=C(NCO)[C@H]1CC(CC(=O)N2CCCC2)CN[C@@H]1C(=O)N1CC[C@H](c2ccccc2)C1. The molecule has 0 radical (unpaired) electrons. The maximum absolute atomic E-state index is 13.4. The average Bonchev–Trinajstić information content (AvgIpc) is 3.52. The molecule has 0 aliphatic carbocycles. The highest BCUT2D eigenvalue weighted by atomic mass is 16.3. The lowest BCUT2D eigenvalue weighted by Crippen LogP contribution is -2.58. The van der Waals surface area contributed by atoms with Crippen molar-refractivity contribution in [2.45, 2.75) is 44.1 Å². The number of carbonyl (C=O) groups excluding carboxylic acids is 3. The summed E-state index contributed by atoms with van der Waals surface area (Å²) in [5, 5.41) is 15.0. The highest BCUT2D eigenvalue weighted by molar-refractivity contribution is 5.90. The molecule has 3 heterocycles. The maximum atomic E-state index is 13.4. The molecule has 0 bridgehead atoms. The van der Waals surface area contributed by atoms with Gasteiger partial charge in [0.1, 0.15) is 6.73 Å². The minimum Gasteiger partial charge on any atom is -0.377 e. The Bertz CT molecular complexity index is 811. The molecule has 0 aromatic heterocycles. The van der Waals surface area contributed by atoms with Crippen LogP contribution in [0.2, 0.25) is 0 Å². The molecular weight excluding hydrogens is 408 g/mol. The second-order valence-corrected chi connectivity index (χ2v) is 9.27. The van der Waals surface area contributed by atoms with Crippen LogP contribution in [-0.2, 0) is 14.4 Å². The Kier molecular flexibility index (Phi) is 7.42. The number of likely N-dealkylation sites (tertiary alicyclic amines) is 2. The molecule has 3 aliphatic heterocycles. The van der Waals surface area contributed by atoms with Crippen molar-refractivity contribution >= 4 is 17.7 Å². The van der Waals surface area contributed by atoms with Crippen LogP contribution in [-0.4, -0.2) is 78.1 Å². The summed E-state index contributed by atoms with van der Waals surface area (Å²) in [4.78, 5) is 42.4. The van der Waals surface area contributed by atoms with E-state index in [2.05, 4.69) is 22.8 Å². The van der Waals surface area contributed by atoms with E-state index in [-0.39, 0.29) is 23.6 Å². The van der Waals surface area contributed by atoms with Crippen molar-refractivity contribution in [1.29, 1.82) is 0 Å². The summed E-state index contributed by atoms with van der Waals surface area (Å²) >= 11 is 0. The van der Waals surface area contributed by atoms with Crippen LogP contribution in [0.5, 0.6) is 0 Å². The third kappa shape index (κ3) is 5.13. The number of carbonyl (C=O) groups is 3. The molecule has 1 aromatic rings. The minimum absolute atomic E-state index is 0.00256. The van der Waals surface area contributed by atoms with Crippen LogP contribution in [0.4, 0.5) is 0 Å². The van der Waals surface area contributed by atoms with Gasteiger partial charge < -0.3 is 25.5 Å². The molecule has 1 unspecified atom stereocenters. The van der Waals surface area contributed by atoms with Gasteiger partial charge >= 0.3 is 0 Å². The fourth-order valence-corrected chi connectivity index (χ4v) is 5.39. The van der Waals surface area contributed by atoms with Gasteiger partial charge in [-0.2, -0.15) is 0 Å².